The third kappa shape index (κ3) is 3.25. The van der Waals surface area contributed by atoms with Gasteiger partial charge in [-0.1, -0.05) is 36.4 Å². The first-order chi connectivity index (χ1) is 9.18. The molecule has 3 nitrogen and oxygen atoms in total. The first-order valence-electron chi connectivity index (χ1n) is 5.82. The molecule has 0 unspecified atom stereocenters. The molecule has 2 aromatic carbocycles. The highest BCUT2D eigenvalue weighted by Gasteiger charge is 2.06. The Labute approximate surface area is 110 Å². The van der Waals surface area contributed by atoms with Crippen LogP contribution in [0, 0.1) is 12.7 Å². The van der Waals surface area contributed by atoms with Crippen LogP contribution in [0.1, 0.15) is 21.5 Å². The fourth-order valence-electron chi connectivity index (χ4n) is 1.63. The number of hydrazone groups is 1. The number of benzene rings is 2. The fourth-order valence-corrected chi connectivity index (χ4v) is 1.63. The molecular weight excluding hydrogens is 243 g/mol. The maximum absolute atomic E-state index is 13.3. The lowest BCUT2D eigenvalue weighted by atomic mass is 10.1. The number of hydrogen-bond donors (Lipinski definition) is 1. The van der Waals surface area contributed by atoms with Crippen molar-refractivity contribution in [2.24, 2.45) is 5.10 Å². The van der Waals surface area contributed by atoms with Gasteiger partial charge in [0.05, 0.1) is 6.21 Å². The zero-order valence-electron chi connectivity index (χ0n) is 10.4. The summed E-state index contributed by atoms with van der Waals surface area (Å²) in [5.41, 5.74) is 4.12. The van der Waals surface area contributed by atoms with Gasteiger partial charge in [-0.3, -0.25) is 4.79 Å². The van der Waals surface area contributed by atoms with Gasteiger partial charge in [-0.05, 0) is 24.6 Å². The predicted molar refractivity (Wildman–Crippen MR) is 72.6 cm³/mol. The van der Waals surface area contributed by atoms with E-state index in [0.29, 0.717) is 11.1 Å². The summed E-state index contributed by atoms with van der Waals surface area (Å²) >= 11 is 0. The molecular formula is C15H13FN2O. The van der Waals surface area contributed by atoms with Crippen LogP contribution in [0.3, 0.4) is 0 Å². The Morgan fingerprint density at radius 1 is 1.16 bits per heavy atom. The molecule has 4 heteroatoms. The zero-order chi connectivity index (χ0) is 13.7. The van der Waals surface area contributed by atoms with Crippen LogP contribution in [0.5, 0.6) is 0 Å². The Morgan fingerprint density at radius 2 is 1.84 bits per heavy atom. The molecule has 2 aromatic rings. The Bertz CT molecular complexity index is 623. The van der Waals surface area contributed by atoms with E-state index in [9.17, 15) is 9.18 Å². The smallest absolute Gasteiger partial charge is 0.267 e. The normalized spacial score (nSPS) is 10.6. The van der Waals surface area contributed by atoms with Crippen molar-refractivity contribution in [3.63, 3.8) is 0 Å². The molecule has 0 radical (unpaired) electrons. The van der Waals surface area contributed by atoms with Crippen LogP contribution in [0.15, 0.2) is 53.6 Å². The Morgan fingerprint density at radius 3 is 2.58 bits per heavy atom. The molecule has 0 atom stereocenters. The van der Waals surface area contributed by atoms with Crippen molar-refractivity contribution in [3.05, 3.63) is 71.0 Å². The van der Waals surface area contributed by atoms with Crippen LogP contribution in [-0.4, -0.2) is 12.1 Å². The van der Waals surface area contributed by atoms with E-state index >= 15 is 0 Å². The maximum Gasteiger partial charge on any atom is 0.271 e. The van der Waals surface area contributed by atoms with E-state index < -0.39 is 0 Å². The minimum Gasteiger partial charge on any atom is -0.267 e. The maximum atomic E-state index is 13.3. The summed E-state index contributed by atoms with van der Waals surface area (Å²) in [7, 11) is 0. The van der Waals surface area contributed by atoms with Gasteiger partial charge < -0.3 is 0 Å². The molecule has 1 amide bonds. The molecule has 0 saturated carbocycles. The average molecular weight is 256 g/mol. The second-order valence-corrected chi connectivity index (χ2v) is 4.04. The molecule has 1 N–H and O–H groups in total. The third-order valence-corrected chi connectivity index (χ3v) is 2.66. The fraction of sp³-hybridized carbons (Fsp3) is 0.0667. The minimum atomic E-state index is -0.378. The van der Waals surface area contributed by atoms with Crippen molar-refractivity contribution in [2.75, 3.05) is 0 Å². The highest BCUT2D eigenvalue weighted by Crippen LogP contribution is 2.06. The Balaban J connectivity index is 2.06. The van der Waals surface area contributed by atoms with Gasteiger partial charge in [0.1, 0.15) is 5.82 Å². The standard InChI is InChI=1S/C15H13FN2O/c1-11-6-2-4-8-13(11)15(19)18-17-10-12-7-3-5-9-14(12)16/h2-10H,1H3,(H,18,19)/b17-10-. The quantitative estimate of drug-likeness (QED) is 0.665. The number of halogens is 1. The predicted octanol–water partition coefficient (Wildman–Crippen LogP) is 2.90. The molecule has 0 spiro atoms. The van der Waals surface area contributed by atoms with E-state index in [1.165, 1.54) is 12.3 Å². The van der Waals surface area contributed by atoms with Crippen molar-refractivity contribution < 1.29 is 9.18 Å². The molecule has 0 heterocycles. The lowest BCUT2D eigenvalue weighted by Gasteiger charge is -2.03. The first-order valence-corrected chi connectivity index (χ1v) is 5.82. The van der Waals surface area contributed by atoms with E-state index in [0.717, 1.165) is 5.56 Å². The van der Waals surface area contributed by atoms with Gasteiger partial charge in [-0.2, -0.15) is 5.10 Å². The number of rotatable bonds is 3. The number of aryl methyl sites for hydroxylation is 1. The molecule has 0 fully saturated rings. The topological polar surface area (TPSA) is 41.5 Å². The number of amides is 1. The SMILES string of the molecule is Cc1ccccc1C(=O)N/N=C\c1ccccc1F. The molecule has 0 aliphatic heterocycles. The number of carbonyl (C=O) groups is 1. The van der Waals surface area contributed by atoms with Gasteiger partial charge in [-0.15, -0.1) is 0 Å². The summed E-state index contributed by atoms with van der Waals surface area (Å²) in [5.74, 6) is -0.693. The largest absolute Gasteiger partial charge is 0.271 e. The van der Waals surface area contributed by atoms with Gasteiger partial charge in [0.2, 0.25) is 0 Å². The first kappa shape index (κ1) is 13.0. The molecule has 0 saturated heterocycles. The second-order valence-electron chi connectivity index (χ2n) is 4.04. The van der Waals surface area contributed by atoms with Crippen LogP contribution < -0.4 is 5.43 Å². The highest BCUT2D eigenvalue weighted by molar-refractivity contribution is 5.96. The van der Waals surface area contributed by atoms with Crippen molar-refractivity contribution in [2.45, 2.75) is 6.92 Å². The summed E-state index contributed by atoms with van der Waals surface area (Å²) in [6, 6.07) is 13.4. The van der Waals surface area contributed by atoms with E-state index in [4.69, 9.17) is 0 Å². The van der Waals surface area contributed by atoms with Gasteiger partial charge in [0.25, 0.3) is 5.91 Å². The van der Waals surface area contributed by atoms with Crippen molar-refractivity contribution in [1.29, 1.82) is 0 Å². The molecule has 0 aromatic heterocycles. The van der Waals surface area contributed by atoms with Crippen LogP contribution >= 0.6 is 0 Å². The number of nitrogens with one attached hydrogen (secondary N) is 1. The molecule has 96 valence electrons. The monoisotopic (exact) mass is 256 g/mol. The van der Waals surface area contributed by atoms with Crippen LogP contribution in [0.25, 0.3) is 0 Å². The van der Waals surface area contributed by atoms with Gasteiger partial charge in [-0.25, -0.2) is 9.82 Å². The average Bonchev–Trinajstić information content (AvgIpc) is 2.41. The van der Waals surface area contributed by atoms with Crippen LogP contribution in [0.2, 0.25) is 0 Å². The van der Waals surface area contributed by atoms with E-state index in [1.807, 2.05) is 19.1 Å². The van der Waals surface area contributed by atoms with Gasteiger partial charge in [0, 0.05) is 11.1 Å². The number of nitrogens with zero attached hydrogens (tertiary/aromatic N) is 1. The van der Waals surface area contributed by atoms with Gasteiger partial charge >= 0.3 is 0 Å². The Hall–Kier alpha value is -2.49. The lowest BCUT2D eigenvalue weighted by molar-refractivity contribution is 0.0954. The minimum absolute atomic E-state index is 0.314. The van der Waals surface area contributed by atoms with Gasteiger partial charge in [0.15, 0.2) is 0 Å². The summed E-state index contributed by atoms with van der Waals surface area (Å²) < 4.78 is 13.3. The Kier molecular flexibility index (Phi) is 4.03. The van der Waals surface area contributed by atoms with Crippen molar-refractivity contribution >= 4 is 12.1 Å². The van der Waals surface area contributed by atoms with E-state index in [2.05, 4.69) is 10.5 Å². The molecule has 0 aliphatic rings. The molecule has 19 heavy (non-hydrogen) atoms. The second kappa shape index (κ2) is 5.91. The lowest BCUT2D eigenvalue weighted by Crippen LogP contribution is -2.18. The number of hydrogen-bond acceptors (Lipinski definition) is 2. The summed E-state index contributed by atoms with van der Waals surface area (Å²) in [6.07, 6.45) is 1.28. The summed E-state index contributed by atoms with van der Waals surface area (Å²) in [4.78, 5) is 11.8. The summed E-state index contributed by atoms with van der Waals surface area (Å²) in [5, 5.41) is 3.76. The van der Waals surface area contributed by atoms with Crippen LogP contribution in [-0.2, 0) is 0 Å². The third-order valence-electron chi connectivity index (χ3n) is 2.66. The highest BCUT2D eigenvalue weighted by atomic mass is 19.1. The summed E-state index contributed by atoms with van der Waals surface area (Å²) in [6.45, 7) is 1.84. The van der Waals surface area contributed by atoms with Crippen molar-refractivity contribution in [3.8, 4) is 0 Å². The van der Waals surface area contributed by atoms with Crippen molar-refractivity contribution in [1.82, 2.24) is 5.43 Å². The van der Waals surface area contributed by atoms with Crippen LogP contribution in [0.4, 0.5) is 4.39 Å². The molecule has 0 bridgehead atoms. The van der Waals surface area contributed by atoms with E-state index in [1.54, 1.807) is 30.3 Å². The van der Waals surface area contributed by atoms with E-state index in [-0.39, 0.29) is 11.7 Å². The molecule has 0 aliphatic carbocycles. The molecule has 2 rings (SSSR count). The number of carbonyl (C=O) groups excluding carboxylic acids is 1. The zero-order valence-corrected chi connectivity index (χ0v) is 10.4.